The van der Waals surface area contributed by atoms with Crippen LogP contribution in [0.2, 0.25) is 0 Å². The van der Waals surface area contributed by atoms with Gasteiger partial charge >= 0.3 is 6.15 Å². The highest BCUT2D eigenvalue weighted by atomic mass is 16.5. The number of hydrogen-bond donors (Lipinski definition) is 0. The molecule has 0 unspecified atom stereocenters. The Morgan fingerprint density at radius 1 is 1.30 bits per heavy atom. The van der Waals surface area contributed by atoms with Crippen molar-refractivity contribution in [2.24, 2.45) is 5.41 Å². The summed E-state index contributed by atoms with van der Waals surface area (Å²) >= 11 is 0. The van der Waals surface area contributed by atoms with E-state index in [2.05, 4.69) is 20.8 Å². The van der Waals surface area contributed by atoms with Crippen molar-refractivity contribution in [1.29, 1.82) is 0 Å². The van der Waals surface area contributed by atoms with Crippen LogP contribution in [0.25, 0.3) is 0 Å². The third kappa shape index (κ3) is 26.4. The van der Waals surface area contributed by atoms with E-state index >= 15 is 0 Å². The second-order valence-corrected chi connectivity index (χ2v) is 3.08. The van der Waals surface area contributed by atoms with E-state index in [9.17, 15) is 0 Å². The zero-order valence-electron chi connectivity index (χ0n) is 6.93. The van der Waals surface area contributed by atoms with Gasteiger partial charge in [0.05, 0.1) is 6.61 Å². The molecular weight excluding hydrogens is 132 g/mol. The summed E-state index contributed by atoms with van der Waals surface area (Å²) in [5.41, 5.74) is 0.328. The van der Waals surface area contributed by atoms with Gasteiger partial charge < -0.3 is 4.74 Å². The van der Waals surface area contributed by atoms with Crippen LogP contribution in [-0.2, 0) is 14.3 Å². The van der Waals surface area contributed by atoms with Crippen molar-refractivity contribution in [3.8, 4) is 0 Å². The summed E-state index contributed by atoms with van der Waals surface area (Å²) in [4.78, 5) is 16.2. The molecule has 3 nitrogen and oxygen atoms in total. The molecule has 0 fully saturated rings. The number of rotatable bonds is 1. The SMILES string of the molecule is COCC(C)(C)C.O=C=O. The first kappa shape index (κ1) is 12.1. The fraction of sp³-hybridized carbons (Fsp3) is 0.857. The Bertz CT molecular complexity index is 95.9. The average molecular weight is 146 g/mol. The standard InChI is InChI=1S/C6H14O.CO2/c1-6(2,3)5-7-4;2-1-3/h5H2,1-4H3;. The van der Waals surface area contributed by atoms with Gasteiger partial charge in [-0.15, -0.1) is 0 Å². The molecule has 0 radical (unpaired) electrons. The van der Waals surface area contributed by atoms with Crippen LogP contribution in [0.5, 0.6) is 0 Å². The van der Waals surface area contributed by atoms with Gasteiger partial charge in [0, 0.05) is 7.11 Å². The van der Waals surface area contributed by atoms with Crippen molar-refractivity contribution in [3.63, 3.8) is 0 Å². The molecule has 3 heteroatoms. The van der Waals surface area contributed by atoms with Gasteiger partial charge in [-0.3, -0.25) is 0 Å². The maximum atomic E-state index is 8.12. The van der Waals surface area contributed by atoms with E-state index < -0.39 is 0 Å². The lowest BCUT2D eigenvalue weighted by molar-refractivity contribution is -0.191. The van der Waals surface area contributed by atoms with Crippen molar-refractivity contribution in [2.45, 2.75) is 20.8 Å². The first-order chi connectivity index (χ1) is 4.47. The second-order valence-electron chi connectivity index (χ2n) is 3.08. The topological polar surface area (TPSA) is 43.4 Å². The summed E-state index contributed by atoms with van der Waals surface area (Å²) in [5.74, 6) is 0. The van der Waals surface area contributed by atoms with E-state index in [1.54, 1.807) is 7.11 Å². The zero-order chi connectivity index (χ0) is 8.62. The van der Waals surface area contributed by atoms with Crippen LogP contribution in [0.4, 0.5) is 0 Å². The van der Waals surface area contributed by atoms with Gasteiger partial charge in [0.1, 0.15) is 0 Å². The van der Waals surface area contributed by atoms with Gasteiger partial charge in [0.15, 0.2) is 0 Å². The molecule has 0 amide bonds. The fourth-order valence-electron chi connectivity index (χ4n) is 0.433. The van der Waals surface area contributed by atoms with E-state index in [-0.39, 0.29) is 6.15 Å². The predicted molar refractivity (Wildman–Crippen MR) is 36.3 cm³/mol. The minimum Gasteiger partial charge on any atom is -0.384 e. The largest absolute Gasteiger partial charge is 0.384 e. The Morgan fingerprint density at radius 2 is 1.60 bits per heavy atom. The van der Waals surface area contributed by atoms with Crippen LogP contribution in [0.15, 0.2) is 0 Å². The number of methoxy groups -OCH3 is 1. The molecule has 0 aliphatic carbocycles. The zero-order valence-corrected chi connectivity index (χ0v) is 6.93. The Balaban J connectivity index is 0. The predicted octanol–water partition coefficient (Wildman–Crippen LogP) is 1.10. The van der Waals surface area contributed by atoms with Gasteiger partial charge in [0.2, 0.25) is 0 Å². The quantitative estimate of drug-likeness (QED) is 0.556. The molecule has 0 atom stereocenters. The third-order valence-electron chi connectivity index (χ3n) is 0.577. The molecule has 0 rings (SSSR count). The fourth-order valence-corrected chi connectivity index (χ4v) is 0.433. The van der Waals surface area contributed by atoms with Crippen LogP contribution in [-0.4, -0.2) is 19.9 Å². The van der Waals surface area contributed by atoms with E-state index in [1.165, 1.54) is 0 Å². The molecule has 0 N–H and O–H groups in total. The number of hydrogen-bond acceptors (Lipinski definition) is 3. The van der Waals surface area contributed by atoms with Crippen LogP contribution in [0, 0.1) is 5.41 Å². The molecule has 0 bridgehead atoms. The van der Waals surface area contributed by atoms with Crippen LogP contribution in [0.3, 0.4) is 0 Å². The summed E-state index contributed by atoms with van der Waals surface area (Å²) in [6.45, 7) is 7.29. The van der Waals surface area contributed by atoms with Crippen molar-refractivity contribution in [3.05, 3.63) is 0 Å². The highest BCUT2D eigenvalue weighted by Crippen LogP contribution is 2.11. The summed E-state index contributed by atoms with van der Waals surface area (Å²) in [7, 11) is 1.73. The normalized spacial score (nSPS) is 9.20. The van der Waals surface area contributed by atoms with Gasteiger partial charge in [-0.25, -0.2) is 0 Å². The Hall–Kier alpha value is -0.660. The molecule has 0 aliphatic rings. The Labute approximate surface area is 61.4 Å². The van der Waals surface area contributed by atoms with Crippen LogP contribution < -0.4 is 0 Å². The second kappa shape index (κ2) is 6.46. The monoisotopic (exact) mass is 146 g/mol. The first-order valence-electron chi connectivity index (χ1n) is 2.96. The van der Waals surface area contributed by atoms with E-state index in [0.29, 0.717) is 5.41 Å². The molecule has 0 aromatic heterocycles. The lowest BCUT2D eigenvalue weighted by Gasteiger charge is -2.15. The molecule has 0 aromatic rings. The molecule has 0 heterocycles. The molecule has 10 heavy (non-hydrogen) atoms. The summed E-state index contributed by atoms with van der Waals surface area (Å²) in [5, 5.41) is 0. The maximum absolute atomic E-state index is 8.12. The maximum Gasteiger partial charge on any atom is 0.373 e. The lowest BCUT2D eigenvalue weighted by atomic mass is 9.99. The first-order valence-corrected chi connectivity index (χ1v) is 2.96. The van der Waals surface area contributed by atoms with Crippen LogP contribution >= 0.6 is 0 Å². The molecule has 0 saturated heterocycles. The Kier molecular flexibility index (Phi) is 7.79. The van der Waals surface area contributed by atoms with Crippen molar-refractivity contribution in [1.82, 2.24) is 0 Å². The highest BCUT2D eigenvalue weighted by molar-refractivity contribution is 5.20. The molecule has 0 spiro atoms. The smallest absolute Gasteiger partial charge is 0.373 e. The minimum absolute atomic E-state index is 0.250. The van der Waals surface area contributed by atoms with Gasteiger partial charge in [-0.1, -0.05) is 20.8 Å². The molecular formula is C7H14O3. The summed E-state index contributed by atoms with van der Waals surface area (Å²) in [6.07, 6.45) is 0.250. The van der Waals surface area contributed by atoms with Crippen molar-refractivity contribution >= 4 is 6.15 Å². The third-order valence-corrected chi connectivity index (χ3v) is 0.577. The lowest BCUT2D eigenvalue weighted by Crippen LogP contribution is -2.12. The van der Waals surface area contributed by atoms with Crippen molar-refractivity contribution in [2.75, 3.05) is 13.7 Å². The van der Waals surface area contributed by atoms with Crippen LogP contribution in [0.1, 0.15) is 20.8 Å². The summed E-state index contributed by atoms with van der Waals surface area (Å²) in [6, 6.07) is 0. The van der Waals surface area contributed by atoms with Gasteiger partial charge in [0.25, 0.3) is 0 Å². The number of carbonyl (C=O) groups excluding carboxylic acids is 2. The van der Waals surface area contributed by atoms with Gasteiger partial charge in [-0.2, -0.15) is 9.59 Å². The molecule has 0 saturated carbocycles. The van der Waals surface area contributed by atoms with E-state index in [0.717, 1.165) is 6.61 Å². The van der Waals surface area contributed by atoms with E-state index in [1.807, 2.05) is 0 Å². The Morgan fingerprint density at radius 3 is 1.60 bits per heavy atom. The number of ether oxygens (including phenoxy) is 1. The highest BCUT2D eigenvalue weighted by Gasteiger charge is 2.07. The minimum atomic E-state index is 0.250. The summed E-state index contributed by atoms with van der Waals surface area (Å²) < 4.78 is 4.91. The molecule has 60 valence electrons. The van der Waals surface area contributed by atoms with E-state index in [4.69, 9.17) is 14.3 Å². The average Bonchev–Trinajstić information content (AvgIpc) is 1.63. The molecule has 0 aliphatic heterocycles. The van der Waals surface area contributed by atoms with Crippen molar-refractivity contribution < 1.29 is 14.3 Å². The molecule has 0 aromatic carbocycles. The van der Waals surface area contributed by atoms with Gasteiger partial charge in [-0.05, 0) is 5.41 Å².